The van der Waals surface area contributed by atoms with Crippen LogP contribution >= 0.6 is 11.6 Å². The van der Waals surface area contributed by atoms with Gasteiger partial charge in [0.2, 0.25) is 0 Å². The minimum atomic E-state index is -0.268. The van der Waals surface area contributed by atoms with Gasteiger partial charge in [0.05, 0.1) is 24.9 Å². The Labute approximate surface area is 107 Å². The van der Waals surface area contributed by atoms with Gasteiger partial charge in [-0.1, -0.05) is 11.6 Å². The van der Waals surface area contributed by atoms with Crippen molar-refractivity contribution >= 4 is 17.3 Å². The maximum absolute atomic E-state index is 9.81. The fourth-order valence-electron chi connectivity index (χ4n) is 2.25. The number of aliphatic hydroxyl groups excluding tert-OH is 1. The Morgan fingerprint density at radius 3 is 2.76 bits per heavy atom. The van der Waals surface area contributed by atoms with Crippen molar-refractivity contribution in [3.05, 3.63) is 22.7 Å². The summed E-state index contributed by atoms with van der Waals surface area (Å²) in [6, 6.07) is 3.89. The van der Waals surface area contributed by atoms with Crippen LogP contribution < -0.4 is 10.1 Å². The van der Waals surface area contributed by atoms with Crippen LogP contribution in [-0.2, 0) is 0 Å². The molecular formula is C13H18ClNO2. The van der Waals surface area contributed by atoms with Crippen molar-refractivity contribution in [2.75, 3.05) is 12.4 Å². The Bertz CT molecular complexity index is 409. The maximum Gasteiger partial charge on any atom is 0.143 e. The molecule has 0 spiro atoms. The fourth-order valence-corrected chi connectivity index (χ4v) is 2.41. The quantitative estimate of drug-likeness (QED) is 0.873. The van der Waals surface area contributed by atoms with E-state index in [-0.39, 0.29) is 12.1 Å². The molecule has 0 bridgehead atoms. The minimum Gasteiger partial charge on any atom is -0.495 e. The van der Waals surface area contributed by atoms with Gasteiger partial charge in [-0.2, -0.15) is 0 Å². The second kappa shape index (κ2) is 5.15. The van der Waals surface area contributed by atoms with Gasteiger partial charge in [0, 0.05) is 11.1 Å². The highest BCUT2D eigenvalue weighted by Crippen LogP contribution is 2.33. The zero-order valence-electron chi connectivity index (χ0n) is 10.2. The first kappa shape index (κ1) is 12.5. The summed E-state index contributed by atoms with van der Waals surface area (Å²) in [5.74, 6) is 0.722. The van der Waals surface area contributed by atoms with Crippen LogP contribution in [0.1, 0.15) is 24.8 Å². The molecule has 3 nitrogen and oxygen atoms in total. The molecule has 1 aliphatic carbocycles. The molecule has 0 aliphatic heterocycles. The van der Waals surface area contributed by atoms with Gasteiger partial charge in [0.25, 0.3) is 0 Å². The summed E-state index contributed by atoms with van der Waals surface area (Å²) in [4.78, 5) is 0. The Morgan fingerprint density at radius 2 is 2.18 bits per heavy atom. The van der Waals surface area contributed by atoms with E-state index in [4.69, 9.17) is 16.3 Å². The average Bonchev–Trinajstić information content (AvgIpc) is 2.69. The van der Waals surface area contributed by atoms with Gasteiger partial charge in [-0.25, -0.2) is 0 Å². The van der Waals surface area contributed by atoms with Crippen molar-refractivity contribution in [1.82, 2.24) is 0 Å². The highest BCUT2D eigenvalue weighted by molar-refractivity contribution is 6.31. The number of hydrogen-bond donors (Lipinski definition) is 2. The number of anilines is 1. The molecule has 2 N–H and O–H groups in total. The summed E-state index contributed by atoms with van der Waals surface area (Å²) < 4.78 is 5.30. The van der Waals surface area contributed by atoms with Crippen molar-refractivity contribution in [2.24, 2.45) is 0 Å². The van der Waals surface area contributed by atoms with E-state index in [0.29, 0.717) is 5.02 Å². The zero-order chi connectivity index (χ0) is 12.4. The lowest BCUT2D eigenvalue weighted by Gasteiger charge is -2.20. The molecule has 1 aliphatic rings. The van der Waals surface area contributed by atoms with Crippen molar-refractivity contribution in [3.63, 3.8) is 0 Å². The van der Waals surface area contributed by atoms with Crippen LogP contribution in [0, 0.1) is 6.92 Å². The van der Waals surface area contributed by atoms with Crippen LogP contribution in [0.4, 0.5) is 5.69 Å². The van der Waals surface area contributed by atoms with Gasteiger partial charge in [-0.15, -0.1) is 0 Å². The molecule has 0 amide bonds. The van der Waals surface area contributed by atoms with E-state index in [1.54, 1.807) is 13.2 Å². The highest BCUT2D eigenvalue weighted by atomic mass is 35.5. The number of ether oxygens (including phenoxy) is 1. The predicted octanol–water partition coefficient (Wildman–Crippen LogP) is 2.98. The van der Waals surface area contributed by atoms with Gasteiger partial charge >= 0.3 is 0 Å². The minimum absolute atomic E-state index is 0.115. The second-order valence-electron chi connectivity index (χ2n) is 4.55. The van der Waals surface area contributed by atoms with Crippen LogP contribution in [0.3, 0.4) is 0 Å². The second-order valence-corrected chi connectivity index (χ2v) is 4.96. The van der Waals surface area contributed by atoms with Crippen LogP contribution in [0.15, 0.2) is 12.1 Å². The molecule has 94 valence electrons. The summed E-state index contributed by atoms with van der Waals surface area (Å²) in [5.41, 5.74) is 1.91. The third-order valence-electron chi connectivity index (χ3n) is 3.30. The molecule has 1 fully saturated rings. The van der Waals surface area contributed by atoms with Gasteiger partial charge in [0.15, 0.2) is 0 Å². The number of hydrogen-bond acceptors (Lipinski definition) is 3. The fraction of sp³-hybridized carbons (Fsp3) is 0.538. The molecule has 2 rings (SSSR count). The molecule has 0 radical (unpaired) electrons. The topological polar surface area (TPSA) is 41.5 Å². The number of benzene rings is 1. The molecule has 1 aromatic carbocycles. The third kappa shape index (κ3) is 2.67. The van der Waals surface area contributed by atoms with Gasteiger partial charge in [0.1, 0.15) is 5.75 Å². The molecular weight excluding hydrogens is 238 g/mol. The predicted molar refractivity (Wildman–Crippen MR) is 70.0 cm³/mol. The van der Waals surface area contributed by atoms with Crippen molar-refractivity contribution in [2.45, 2.75) is 38.3 Å². The largest absolute Gasteiger partial charge is 0.495 e. The maximum atomic E-state index is 9.81. The summed E-state index contributed by atoms with van der Waals surface area (Å²) in [5, 5.41) is 13.8. The van der Waals surface area contributed by atoms with E-state index in [1.807, 2.05) is 13.0 Å². The Kier molecular flexibility index (Phi) is 3.79. The molecule has 17 heavy (non-hydrogen) atoms. The van der Waals surface area contributed by atoms with Gasteiger partial charge < -0.3 is 15.2 Å². The lowest BCUT2D eigenvalue weighted by atomic mass is 10.1. The van der Waals surface area contributed by atoms with Crippen LogP contribution in [0.2, 0.25) is 5.02 Å². The van der Waals surface area contributed by atoms with Crippen LogP contribution in [-0.4, -0.2) is 24.4 Å². The summed E-state index contributed by atoms with van der Waals surface area (Å²) >= 11 is 6.05. The summed E-state index contributed by atoms with van der Waals surface area (Å²) in [6.07, 6.45) is 2.66. The first-order valence-corrected chi connectivity index (χ1v) is 6.28. The van der Waals surface area contributed by atoms with E-state index >= 15 is 0 Å². The molecule has 1 saturated carbocycles. The van der Waals surface area contributed by atoms with E-state index in [1.165, 1.54) is 0 Å². The molecule has 4 heteroatoms. The molecule has 0 aromatic heterocycles. The van der Waals surface area contributed by atoms with E-state index in [0.717, 1.165) is 36.3 Å². The van der Waals surface area contributed by atoms with Crippen LogP contribution in [0.5, 0.6) is 5.75 Å². The Balaban J connectivity index is 2.22. The number of rotatable bonds is 3. The first-order chi connectivity index (χ1) is 8.11. The van der Waals surface area contributed by atoms with Gasteiger partial charge in [-0.3, -0.25) is 0 Å². The van der Waals surface area contributed by atoms with E-state index < -0.39 is 0 Å². The Hall–Kier alpha value is -0.930. The van der Waals surface area contributed by atoms with Gasteiger partial charge in [-0.05, 0) is 37.8 Å². The number of methoxy groups -OCH3 is 1. The number of nitrogens with one attached hydrogen (secondary N) is 1. The lowest BCUT2D eigenvalue weighted by molar-refractivity contribution is 0.171. The van der Waals surface area contributed by atoms with Crippen LogP contribution in [0.25, 0.3) is 0 Å². The molecule has 2 atom stereocenters. The van der Waals surface area contributed by atoms with E-state index in [9.17, 15) is 5.11 Å². The molecule has 0 unspecified atom stereocenters. The highest BCUT2D eigenvalue weighted by Gasteiger charge is 2.25. The number of aliphatic hydroxyl groups is 1. The van der Waals surface area contributed by atoms with Crippen molar-refractivity contribution < 1.29 is 9.84 Å². The third-order valence-corrected chi connectivity index (χ3v) is 3.71. The van der Waals surface area contributed by atoms with Crippen molar-refractivity contribution in [1.29, 1.82) is 0 Å². The normalized spacial score (nSPS) is 23.8. The van der Waals surface area contributed by atoms with Crippen molar-refractivity contribution in [3.8, 4) is 5.75 Å². The summed E-state index contributed by atoms with van der Waals surface area (Å²) in [6.45, 7) is 1.96. The molecule has 0 saturated heterocycles. The van der Waals surface area contributed by atoms with E-state index in [2.05, 4.69) is 5.32 Å². The average molecular weight is 256 g/mol. The smallest absolute Gasteiger partial charge is 0.143 e. The number of halogens is 1. The number of aryl methyl sites for hydroxylation is 1. The zero-order valence-corrected chi connectivity index (χ0v) is 10.9. The first-order valence-electron chi connectivity index (χ1n) is 5.90. The SMILES string of the molecule is COc1cc(Cl)c(C)cc1N[C@@H]1CCC[C@H]1O. The lowest BCUT2D eigenvalue weighted by Crippen LogP contribution is -2.28. The monoisotopic (exact) mass is 255 g/mol. The standard InChI is InChI=1S/C13H18ClNO2/c1-8-6-11(13(17-2)7-9(8)14)15-10-4-3-5-12(10)16/h6-7,10,12,15-16H,3-5H2,1-2H3/t10-,12-/m1/s1. The Morgan fingerprint density at radius 1 is 1.41 bits per heavy atom. The molecule has 0 heterocycles. The summed E-state index contributed by atoms with van der Waals surface area (Å²) in [7, 11) is 1.62. The molecule has 1 aromatic rings.